The molecule has 4 nitrogen and oxygen atoms in total. The highest BCUT2D eigenvalue weighted by molar-refractivity contribution is 7.80. The molecule has 3 rings (SSSR count). The molecule has 2 aromatic carbocycles. The van der Waals surface area contributed by atoms with Gasteiger partial charge < -0.3 is 20.3 Å². The number of hydrogen-bond donors (Lipinski definition) is 2. The average molecular weight is 464 g/mol. The van der Waals surface area contributed by atoms with Gasteiger partial charge in [-0.2, -0.15) is 0 Å². The van der Waals surface area contributed by atoms with Gasteiger partial charge in [-0.3, -0.25) is 0 Å². The molecule has 1 saturated heterocycles. The maximum atomic E-state index is 14.5. The Bertz CT molecular complexity index is 934. The fraction of sp³-hybridized carbons (Fsp3) is 0.458. The Hall–Kier alpha value is -1.89. The number of thiocarbonyl (C=S) groups is 1. The van der Waals surface area contributed by atoms with Crippen molar-refractivity contribution in [2.45, 2.75) is 64.2 Å². The van der Waals surface area contributed by atoms with E-state index >= 15 is 0 Å². The number of halogens is 2. The molecule has 0 spiro atoms. The van der Waals surface area contributed by atoms with Crippen molar-refractivity contribution in [1.29, 1.82) is 0 Å². The first-order valence-corrected chi connectivity index (χ1v) is 11.2. The van der Waals surface area contributed by atoms with Gasteiger partial charge in [0.1, 0.15) is 11.6 Å². The lowest BCUT2D eigenvalue weighted by Gasteiger charge is -2.50. The number of piperidine rings is 1. The van der Waals surface area contributed by atoms with Crippen LogP contribution in [-0.2, 0) is 6.54 Å². The highest BCUT2D eigenvalue weighted by Gasteiger charge is 2.40. The molecule has 0 atom stereocenters. The fourth-order valence-corrected chi connectivity index (χ4v) is 5.07. The highest BCUT2D eigenvalue weighted by Crippen LogP contribution is 2.34. The van der Waals surface area contributed by atoms with E-state index in [4.69, 9.17) is 28.6 Å². The maximum absolute atomic E-state index is 14.5. The SMILES string of the molecule is COc1ccc(Cl)c(NC(=S)N(Cc2ccccc2F)C2CC(C)(C)NC(C)(C)C2)c1. The van der Waals surface area contributed by atoms with Crippen molar-refractivity contribution in [3.05, 3.63) is 58.9 Å². The number of ether oxygens (including phenoxy) is 1. The molecular formula is C24H31ClFN3OS. The van der Waals surface area contributed by atoms with Crippen LogP contribution >= 0.6 is 23.8 Å². The van der Waals surface area contributed by atoms with E-state index in [1.54, 1.807) is 31.4 Å². The topological polar surface area (TPSA) is 36.5 Å². The van der Waals surface area contributed by atoms with E-state index in [1.807, 2.05) is 12.1 Å². The van der Waals surface area contributed by atoms with Gasteiger partial charge in [0, 0.05) is 35.3 Å². The Balaban J connectivity index is 1.93. The van der Waals surface area contributed by atoms with Gasteiger partial charge in [-0.25, -0.2) is 4.39 Å². The van der Waals surface area contributed by atoms with E-state index in [2.05, 4.69) is 43.2 Å². The molecule has 0 saturated carbocycles. The van der Waals surface area contributed by atoms with Gasteiger partial charge in [0.15, 0.2) is 5.11 Å². The number of methoxy groups -OCH3 is 1. The summed E-state index contributed by atoms with van der Waals surface area (Å²) in [6, 6.07) is 12.3. The number of nitrogens with one attached hydrogen (secondary N) is 2. The Kier molecular flexibility index (Phi) is 7.14. The third kappa shape index (κ3) is 6.09. The van der Waals surface area contributed by atoms with Crippen molar-refractivity contribution in [3.8, 4) is 5.75 Å². The van der Waals surface area contributed by atoms with Gasteiger partial charge in [0.05, 0.1) is 17.8 Å². The van der Waals surface area contributed by atoms with Gasteiger partial charge in [-0.15, -0.1) is 0 Å². The van der Waals surface area contributed by atoms with Crippen molar-refractivity contribution < 1.29 is 9.13 Å². The third-order valence-electron chi connectivity index (χ3n) is 5.58. The molecule has 0 aliphatic carbocycles. The molecule has 1 fully saturated rings. The molecule has 1 aliphatic rings. The van der Waals surface area contributed by atoms with Crippen LogP contribution in [0.1, 0.15) is 46.1 Å². The summed E-state index contributed by atoms with van der Waals surface area (Å²) in [7, 11) is 1.61. The molecule has 2 aromatic rings. The van der Waals surface area contributed by atoms with Crippen LogP contribution in [0.3, 0.4) is 0 Å². The first-order valence-electron chi connectivity index (χ1n) is 10.4. The van der Waals surface area contributed by atoms with Crippen molar-refractivity contribution >= 4 is 34.6 Å². The predicted octanol–water partition coefficient (Wildman–Crippen LogP) is 6.00. The van der Waals surface area contributed by atoms with Crippen LogP contribution in [0.2, 0.25) is 5.02 Å². The fourth-order valence-electron chi connectivity index (χ4n) is 4.58. The van der Waals surface area contributed by atoms with Crippen molar-refractivity contribution in [2.24, 2.45) is 0 Å². The molecule has 31 heavy (non-hydrogen) atoms. The Morgan fingerprint density at radius 2 is 1.84 bits per heavy atom. The molecule has 0 radical (unpaired) electrons. The molecule has 0 amide bonds. The second kappa shape index (κ2) is 9.31. The van der Waals surface area contributed by atoms with Crippen molar-refractivity contribution in [2.75, 3.05) is 12.4 Å². The number of nitrogens with zero attached hydrogens (tertiary/aromatic N) is 1. The summed E-state index contributed by atoms with van der Waals surface area (Å²) in [5.74, 6) is 0.446. The summed E-state index contributed by atoms with van der Waals surface area (Å²) in [5, 5.41) is 8.03. The first kappa shape index (κ1) is 23.8. The van der Waals surface area contributed by atoms with E-state index in [1.165, 1.54) is 6.07 Å². The van der Waals surface area contributed by atoms with E-state index in [9.17, 15) is 4.39 Å². The normalized spacial score (nSPS) is 17.8. The average Bonchev–Trinajstić information content (AvgIpc) is 2.66. The van der Waals surface area contributed by atoms with E-state index < -0.39 is 0 Å². The van der Waals surface area contributed by atoms with Crippen LogP contribution in [0.4, 0.5) is 10.1 Å². The molecular weight excluding hydrogens is 433 g/mol. The van der Waals surface area contributed by atoms with E-state index in [0.717, 1.165) is 12.8 Å². The summed E-state index contributed by atoms with van der Waals surface area (Å²) in [4.78, 5) is 2.09. The zero-order valence-corrected chi connectivity index (χ0v) is 20.3. The lowest BCUT2D eigenvalue weighted by molar-refractivity contribution is 0.101. The summed E-state index contributed by atoms with van der Waals surface area (Å²) >= 11 is 12.2. The molecule has 0 aromatic heterocycles. The predicted molar refractivity (Wildman–Crippen MR) is 130 cm³/mol. The quantitative estimate of drug-likeness (QED) is 0.532. The highest BCUT2D eigenvalue weighted by atomic mass is 35.5. The van der Waals surface area contributed by atoms with Gasteiger partial charge in [-0.1, -0.05) is 29.8 Å². The van der Waals surface area contributed by atoms with Crippen LogP contribution in [0, 0.1) is 5.82 Å². The summed E-state index contributed by atoms with van der Waals surface area (Å²) in [6.45, 7) is 9.14. The van der Waals surface area contributed by atoms with Crippen LogP contribution in [0.15, 0.2) is 42.5 Å². The van der Waals surface area contributed by atoms with Crippen LogP contribution in [-0.4, -0.2) is 34.2 Å². The summed E-state index contributed by atoms with van der Waals surface area (Å²) in [5.41, 5.74) is 1.11. The van der Waals surface area contributed by atoms with Gasteiger partial charge >= 0.3 is 0 Å². The standard InChI is InChI=1S/C24H31ClFN3OS/c1-23(2)13-17(14-24(3,4)28-23)29(15-16-8-6-7-9-20(16)26)22(31)27-21-12-18(30-5)10-11-19(21)25/h6-12,17,28H,13-15H2,1-5H3,(H,27,31). The molecule has 2 N–H and O–H groups in total. The molecule has 7 heteroatoms. The number of anilines is 1. The number of benzene rings is 2. The smallest absolute Gasteiger partial charge is 0.174 e. The van der Waals surface area contributed by atoms with Gasteiger partial charge in [0.25, 0.3) is 0 Å². The molecule has 168 valence electrons. The molecule has 1 heterocycles. The second-order valence-electron chi connectivity index (χ2n) is 9.45. The largest absolute Gasteiger partial charge is 0.497 e. The molecule has 0 unspecified atom stereocenters. The minimum atomic E-state index is -0.234. The summed E-state index contributed by atoms with van der Waals surface area (Å²) < 4.78 is 19.9. The number of hydrogen-bond acceptors (Lipinski definition) is 3. The summed E-state index contributed by atoms with van der Waals surface area (Å²) in [6.07, 6.45) is 1.75. The number of rotatable bonds is 5. The molecule has 1 aliphatic heterocycles. The Morgan fingerprint density at radius 1 is 1.19 bits per heavy atom. The van der Waals surface area contributed by atoms with Crippen molar-refractivity contribution in [3.63, 3.8) is 0 Å². The first-order chi connectivity index (χ1) is 14.5. The van der Waals surface area contributed by atoms with Gasteiger partial charge in [0.2, 0.25) is 0 Å². The lowest BCUT2D eigenvalue weighted by atomic mass is 9.79. The minimum absolute atomic E-state index is 0.0802. The van der Waals surface area contributed by atoms with Gasteiger partial charge in [-0.05, 0) is 71.0 Å². The molecule has 0 bridgehead atoms. The Morgan fingerprint density at radius 3 is 2.45 bits per heavy atom. The monoisotopic (exact) mass is 463 g/mol. The van der Waals surface area contributed by atoms with Crippen LogP contribution < -0.4 is 15.4 Å². The zero-order chi connectivity index (χ0) is 22.8. The van der Waals surface area contributed by atoms with Crippen LogP contribution in [0.5, 0.6) is 5.75 Å². The second-order valence-corrected chi connectivity index (χ2v) is 10.2. The maximum Gasteiger partial charge on any atom is 0.174 e. The van der Waals surface area contributed by atoms with Crippen molar-refractivity contribution in [1.82, 2.24) is 10.2 Å². The zero-order valence-electron chi connectivity index (χ0n) is 18.8. The minimum Gasteiger partial charge on any atom is -0.497 e. The van der Waals surface area contributed by atoms with E-state index in [0.29, 0.717) is 33.7 Å². The lowest BCUT2D eigenvalue weighted by Crippen LogP contribution is -2.63. The third-order valence-corrected chi connectivity index (χ3v) is 6.25. The Labute approximate surface area is 195 Å². The van der Waals surface area contributed by atoms with E-state index in [-0.39, 0.29) is 22.9 Å². The van der Waals surface area contributed by atoms with Crippen LogP contribution in [0.25, 0.3) is 0 Å².